The summed E-state index contributed by atoms with van der Waals surface area (Å²) >= 11 is 1.61. The quantitative estimate of drug-likeness (QED) is 0.773. The third-order valence-electron chi connectivity index (χ3n) is 5.29. The Balaban J connectivity index is 1.63. The number of hydrogen-bond donors (Lipinski definition) is 1. The maximum atomic E-state index is 12.8. The molecule has 0 saturated carbocycles. The molecule has 2 heterocycles. The average molecular weight is 402 g/mol. The van der Waals surface area contributed by atoms with Crippen LogP contribution in [0.25, 0.3) is 0 Å². The van der Waals surface area contributed by atoms with Gasteiger partial charge in [0.15, 0.2) is 0 Å². The van der Waals surface area contributed by atoms with Crippen molar-refractivity contribution >= 4 is 22.9 Å². The number of hydrogen-bond acceptors (Lipinski definition) is 5. The van der Waals surface area contributed by atoms with Crippen molar-refractivity contribution in [2.24, 2.45) is 0 Å². The van der Waals surface area contributed by atoms with E-state index in [4.69, 9.17) is 4.74 Å². The second-order valence-corrected chi connectivity index (χ2v) is 9.32. The fraction of sp³-hybridized carbons (Fsp3) is 0.545. The maximum Gasteiger partial charge on any atom is 0.275 e. The summed E-state index contributed by atoms with van der Waals surface area (Å²) in [6, 6.07) is 7.99. The van der Waals surface area contributed by atoms with Crippen molar-refractivity contribution in [2.75, 3.05) is 38.7 Å². The number of rotatable bonds is 6. The molecule has 1 aromatic carbocycles. The van der Waals surface area contributed by atoms with Gasteiger partial charge < -0.3 is 15.0 Å². The lowest BCUT2D eigenvalue weighted by Crippen LogP contribution is -2.35. The van der Waals surface area contributed by atoms with Crippen LogP contribution in [-0.4, -0.2) is 49.1 Å². The lowest BCUT2D eigenvalue weighted by molar-refractivity contribution is 0.102. The predicted octanol–water partition coefficient (Wildman–Crippen LogP) is 4.52. The Morgan fingerprint density at radius 1 is 1.29 bits per heavy atom. The van der Waals surface area contributed by atoms with Gasteiger partial charge >= 0.3 is 0 Å². The summed E-state index contributed by atoms with van der Waals surface area (Å²) in [5, 5.41) is 6.04. The van der Waals surface area contributed by atoms with Gasteiger partial charge in [0, 0.05) is 30.6 Å². The Hall–Kier alpha value is -1.76. The second-order valence-electron chi connectivity index (χ2n) is 8.43. The van der Waals surface area contributed by atoms with E-state index >= 15 is 0 Å². The molecule has 2 aromatic rings. The number of benzene rings is 1. The minimum atomic E-state index is -0.128. The van der Waals surface area contributed by atoms with Gasteiger partial charge in [-0.15, -0.1) is 11.3 Å². The van der Waals surface area contributed by atoms with Crippen LogP contribution in [-0.2, 0) is 10.2 Å². The third kappa shape index (κ3) is 5.19. The van der Waals surface area contributed by atoms with Crippen molar-refractivity contribution in [3.8, 4) is 0 Å². The molecule has 1 N–H and O–H groups in total. The largest absolute Gasteiger partial charge is 0.383 e. The Kier molecular flexibility index (Phi) is 6.86. The van der Waals surface area contributed by atoms with Gasteiger partial charge in [0.05, 0.1) is 11.6 Å². The zero-order valence-electron chi connectivity index (χ0n) is 17.3. The summed E-state index contributed by atoms with van der Waals surface area (Å²) < 4.78 is 5.17. The maximum absolute atomic E-state index is 12.8. The number of nitrogens with zero attached hydrogens (tertiary/aromatic N) is 2. The van der Waals surface area contributed by atoms with Gasteiger partial charge in [-0.1, -0.05) is 39.0 Å². The van der Waals surface area contributed by atoms with E-state index < -0.39 is 0 Å². The van der Waals surface area contributed by atoms with Crippen molar-refractivity contribution in [2.45, 2.75) is 44.9 Å². The number of thiazole rings is 1. The van der Waals surface area contributed by atoms with Gasteiger partial charge in [-0.25, -0.2) is 4.98 Å². The fourth-order valence-corrected chi connectivity index (χ4v) is 4.61. The Labute approximate surface area is 172 Å². The van der Waals surface area contributed by atoms with Crippen molar-refractivity contribution in [3.05, 3.63) is 45.9 Å². The highest BCUT2D eigenvalue weighted by Crippen LogP contribution is 2.32. The molecule has 1 aromatic heterocycles. The Morgan fingerprint density at radius 3 is 2.68 bits per heavy atom. The van der Waals surface area contributed by atoms with E-state index in [1.165, 1.54) is 0 Å². The molecule has 0 atom stereocenters. The number of likely N-dealkylation sites (tertiary alicyclic amines) is 1. The highest BCUT2D eigenvalue weighted by molar-refractivity contribution is 7.10. The van der Waals surface area contributed by atoms with Gasteiger partial charge in [-0.3, -0.25) is 4.79 Å². The lowest BCUT2D eigenvalue weighted by atomic mass is 9.86. The van der Waals surface area contributed by atoms with Crippen LogP contribution in [0.3, 0.4) is 0 Å². The number of amides is 1. The molecule has 1 amide bonds. The first kappa shape index (κ1) is 21.0. The van der Waals surface area contributed by atoms with Crippen molar-refractivity contribution in [3.63, 3.8) is 0 Å². The van der Waals surface area contributed by atoms with E-state index in [9.17, 15) is 4.79 Å². The zero-order valence-corrected chi connectivity index (χ0v) is 18.1. The normalized spacial score (nSPS) is 16.3. The van der Waals surface area contributed by atoms with Gasteiger partial charge in [0.25, 0.3) is 5.91 Å². The van der Waals surface area contributed by atoms with E-state index in [-0.39, 0.29) is 11.3 Å². The Morgan fingerprint density at radius 2 is 2.00 bits per heavy atom. The minimum absolute atomic E-state index is 0.0338. The SMILES string of the molecule is COCCN1CCC(c2nc(C(=O)Nc3ccccc3C(C)(C)C)cs2)CC1. The average Bonchev–Trinajstić information content (AvgIpc) is 3.17. The molecule has 0 spiro atoms. The summed E-state index contributed by atoms with van der Waals surface area (Å²) in [4.78, 5) is 19.9. The molecule has 0 bridgehead atoms. The number of ether oxygens (including phenoxy) is 1. The fourth-order valence-electron chi connectivity index (χ4n) is 3.64. The molecule has 0 unspecified atom stereocenters. The van der Waals surface area contributed by atoms with Crippen molar-refractivity contribution in [1.29, 1.82) is 0 Å². The molecule has 28 heavy (non-hydrogen) atoms. The number of aromatic nitrogens is 1. The highest BCUT2D eigenvalue weighted by atomic mass is 32.1. The molecular formula is C22H31N3O2S. The molecule has 0 aliphatic carbocycles. The summed E-state index contributed by atoms with van der Waals surface area (Å²) in [5.74, 6) is 0.323. The molecule has 0 radical (unpaired) electrons. The van der Waals surface area contributed by atoms with E-state index in [0.717, 1.165) is 55.3 Å². The van der Waals surface area contributed by atoms with Crippen molar-refractivity contribution in [1.82, 2.24) is 9.88 Å². The van der Waals surface area contributed by atoms with E-state index in [0.29, 0.717) is 11.6 Å². The first-order valence-corrected chi connectivity index (χ1v) is 10.8. The smallest absolute Gasteiger partial charge is 0.275 e. The number of methoxy groups -OCH3 is 1. The lowest BCUT2D eigenvalue weighted by Gasteiger charge is -2.30. The van der Waals surface area contributed by atoms with Crippen LogP contribution in [0.5, 0.6) is 0 Å². The van der Waals surface area contributed by atoms with Crippen LogP contribution in [0, 0.1) is 0 Å². The van der Waals surface area contributed by atoms with Gasteiger partial charge in [0.1, 0.15) is 5.69 Å². The molecule has 1 fully saturated rings. The molecule has 3 rings (SSSR count). The van der Waals surface area contributed by atoms with Crippen LogP contribution < -0.4 is 5.32 Å². The first-order chi connectivity index (χ1) is 13.4. The first-order valence-electron chi connectivity index (χ1n) is 9.96. The minimum Gasteiger partial charge on any atom is -0.383 e. The second kappa shape index (κ2) is 9.16. The number of anilines is 1. The number of carbonyl (C=O) groups is 1. The van der Waals surface area contributed by atoms with Gasteiger partial charge in [0.2, 0.25) is 0 Å². The molecule has 1 aliphatic heterocycles. The topological polar surface area (TPSA) is 54.5 Å². The van der Waals surface area contributed by atoms with Gasteiger partial charge in [-0.2, -0.15) is 0 Å². The molecule has 152 valence electrons. The summed E-state index contributed by atoms with van der Waals surface area (Å²) in [7, 11) is 1.74. The summed E-state index contributed by atoms with van der Waals surface area (Å²) in [5.41, 5.74) is 2.47. The number of nitrogens with one attached hydrogen (secondary N) is 1. The molecule has 5 nitrogen and oxygen atoms in total. The number of para-hydroxylation sites is 1. The third-order valence-corrected chi connectivity index (χ3v) is 6.29. The standard InChI is InChI=1S/C22H31N3O2S/c1-22(2,3)17-7-5-6-8-18(17)23-20(26)19-15-28-21(24-19)16-9-11-25(12-10-16)13-14-27-4/h5-8,15-16H,9-14H2,1-4H3,(H,23,26). The van der Waals surface area contributed by atoms with E-state index in [1.54, 1.807) is 18.4 Å². The van der Waals surface area contributed by atoms with Crippen LogP contribution in [0.1, 0.15) is 60.6 Å². The van der Waals surface area contributed by atoms with Crippen LogP contribution in [0.2, 0.25) is 0 Å². The molecular weight excluding hydrogens is 370 g/mol. The molecule has 1 aliphatic rings. The van der Waals surface area contributed by atoms with Crippen LogP contribution in [0.4, 0.5) is 5.69 Å². The summed E-state index contributed by atoms with van der Waals surface area (Å²) in [6.07, 6.45) is 2.18. The zero-order chi connectivity index (χ0) is 20.1. The van der Waals surface area contributed by atoms with Crippen LogP contribution >= 0.6 is 11.3 Å². The number of carbonyl (C=O) groups excluding carboxylic acids is 1. The number of piperidine rings is 1. The van der Waals surface area contributed by atoms with E-state index in [1.807, 2.05) is 23.6 Å². The molecule has 1 saturated heterocycles. The van der Waals surface area contributed by atoms with E-state index in [2.05, 4.69) is 42.0 Å². The van der Waals surface area contributed by atoms with Gasteiger partial charge in [-0.05, 0) is 43.0 Å². The highest BCUT2D eigenvalue weighted by Gasteiger charge is 2.24. The Bertz CT molecular complexity index is 789. The van der Waals surface area contributed by atoms with Crippen LogP contribution in [0.15, 0.2) is 29.6 Å². The monoisotopic (exact) mass is 401 g/mol. The summed E-state index contributed by atoms with van der Waals surface area (Å²) in [6.45, 7) is 10.3. The molecule has 6 heteroatoms. The van der Waals surface area contributed by atoms with Crippen molar-refractivity contribution < 1.29 is 9.53 Å². The predicted molar refractivity (Wildman–Crippen MR) is 116 cm³/mol.